The first-order valence-corrected chi connectivity index (χ1v) is 5.95. The summed E-state index contributed by atoms with van der Waals surface area (Å²) < 4.78 is 0. The Hall–Kier alpha value is -2.43. The highest BCUT2D eigenvalue weighted by molar-refractivity contribution is 6.04. The fourth-order valence-electron chi connectivity index (χ4n) is 1.89. The zero-order valence-electron chi connectivity index (χ0n) is 11.2. The molecule has 0 aliphatic rings. The van der Waals surface area contributed by atoms with Gasteiger partial charge < -0.3 is 5.73 Å². The maximum absolute atomic E-state index is 12.1. The summed E-state index contributed by atoms with van der Waals surface area (Å²) in [5.74, 6) is 0.0845. The van der Waals surface area contributed by atoms with Crippen molar-refractivity contribution in [1.82, 2.24) is 9.97 Å². The molecule has 0 bridgehead atoms. The molecule has 2 aromatic rings. The molecule has 5 heteroatoms. The Balaban J connectivity index is 2.25. The van der Waals surface area contributed by atoms with Crippen molar-refractivity contribution < 1.29 is 4.79 Å². The Morgan fingerprint density at radius 3 is 2.32 bits per heavy atom. The van der Waals surface area contributed by atoms with Gasteiger partial charge in [0.25, 0.3) is 5.91 Å². The number of aromatic nitrogens is 2. The maximum Gasteiger partial charge on any atom is 0.258 e. The molecule has 0 atom stereocenters. The van der Waals surface area contributed by atoms with Crippen molar-refractivity contribution in [2.24, 2.45) is 0 Å². The quantitative estimate of drug-likeness (QED) is 0.807. The van der Waals surface area contributed by atoms with Crippen LogP contribution in [0.2, 0.25) is 0 Å². The van der Waals surface area contributed by atoms with Crippen molar-refractivity contribution in [2.75, 3.05) is 11.1 Å². The SMILES string of the molecule is Cc1cc(C)nc(NC(=O)c2ccc(N)cc2C)n1. The highest BCUT2D eigenvalue weighted by Gasteiger charge is 2.11. The number of carbonyl (C=O) groups is 1. The molecular weight excluding hydrogens is 240 g/mol. The summed E-state index contributed by atoms with van der Waals surface area (Å²) in [6.07, 6.45) is 0. The van der Waals surface area contributed by atoms with E-state index in [2.05, 4.69) is 15.3 Å². The standard InChI is InChI=1S/C14H16N4O/c1-8-6-11(15)4-5-12(8)13(19)18-14-16-9(2)7-10(3)17-14/h4-7H,15H2,1-3H3,(H,16,17,18,19). The fraction of sp³-hybridized carbons (Fsp3) is 0.214. The minimum atomic E-state index is -0.234. The zero-order valence-corrected chi connectivity index (χ0v) is 11.2. The molecule has 0 aliphatic heterocycles. The van der Waals surface area contributed by atoms with Crippen molar-refractivity contribution in [3.63, 3.8) is 0 Å². The molecule has 0 unspecified atom stereocenters. The second-order valence-electron chi connectivity index (χ2n) is 4.50. The molecule has 5 nitrogen and oxygen atoms in total. The Bertz CT molecular complexity index is 617. The largest absolute Gasteiger partial charge is 0.399 e. The average molecular weight is 256 g/mol. The monoisotopic (exact) mass is 256 g/mol. The third-order valence-corrected chi connectivity index (χ3v) is 2.70. The number of amides is 1. The first-order valence-electron chi connectivity index (χ1n) is 5.95. The van der Waals surface area contributed by atoms with Gasteiger partial charge in [0, 0.05) is 22.6 Å². The van der Waals surface area contributed by atoms with Crippen LogP contribution in [0, 0.1) is 20.8 Å². The molecule has 19 heavy (non-hydrogen) atoms. The van der Waals surface area contributed by atoms with Crippen LogP contribution in [-0.4, -0.2) is 15.9 Å². The molecular formula is C14H16N4O. The molecule has 0 saturated heterocycles. The Labute approximate surface area is 111 Å². The van der Waals surface area contributed by atoms with E-state index < -0.39 is 0 Å². The number of aryl methyl sites for hydroxylation is 3. The lowest BCUT2D eigenvalue weighted by molar-refractivity contribution is 0.102. The van der Waals surface area contributed by atoms with Gasteiger partial charge in [0.2, 0.25) is 5.95 Å². The van der Waals surface area contributed by atoms with Gasteiger partial charge in [-0.15, -0.1) is 0 Å². The molecule has 0 saturated carbocycles. The van der Waals surface area contributed by atoms with Crippen molar-refractivity contribution >= 4 is 17.5 Å². The third-order valence-electron chi connectivity index (χ3n) is 2.70. The molecule has 1 aromatic heterocycles. The summed E-state index contributed by atoms with van der Waals surface area (Å²) in [6.45, 7) is 5.56. The molecule has 2 rings (SSSR count). The number of nitrogens with zero attached hydrogens (tertiary/aromatic N) is 2. The van der Waals surface area contributed by atoms with Crippen LogP contribution in [0.25, 0.3) is 0 Å². The first-order chi connectivity index (χ1) is 8.95. The Morgan fingerprint density at radius 1 is 1.11 bits per heavy atom. The summed E-state index contributed by atoms with van der Waals surface area (Å²) in [6, 6.07) is 7.01. The second-order valence-corrected chi connectivity index (χ2v) is 4.50. The predicted molar refractivity (Wildman–Crippen MR) is 75.1 cm³/mol. The molecule has 1 aromatic carbocycles. The maximum atomic E-state index is 12.1. The van der Waals surface area contributed by atoms with Gasteiger partial charge in [0.1, 0.15) is 0 Å². The van der Waals surface area contributed by atoms with E-state index in [1.54, 1.807) is 18.2 Å². The molecule has 0 aliphatic carbocycles. The lowest BCUT2D eigenvalue weighted by Crippen LogP contribution is -2.16. The molecule has 0 fully saturated rings. The number of hydrogen-bond donors (Lipinski definition) is 2. The van der Waals surface area contributed by atoms with E-state index in [9.17, 15) is 4.79 Å². The van der Waals surface area contributed by atoms with Crippen molar-refractivity contribution in [1.29, 1.82) is 0 Å². The van der Waals surface area contributed by atoms with E-state index in [4.69, 9.17) is 5.73 Å². The van der Waals surface area contributed by atoms with Gasteiger partial charge in [0.15, 0.2) is 0 Å². The van der Waals surface area contributed by atoms with Crippen LogP contribution in [0.3, 0.4) is 0 Å². The Kier molecular flexibility index (Phi) is 3.46. The molecule has 0 radical (unpaired) electrons. The first kappa shape index (κ1) is 13.0. The normalized spacial score (nSPS) is 10.3. The lowest BCUT2D eigenvalue weighted by Gasteiger charge is -2.08. The molecule has 1 amide bonds. The highest BCUT2D eigenvalue weighted by atomic mass is 16.1. The number of carbonyl (C=O) groups excluding carboxylic acids is 1. The van der Waals surface area contributed by atoms with Gasteiger partial charge in [-0.1, -0.05) is 0 Å². The van der Waals surface area contributed by atoms with Gasteiger partial charge in [-0.2, -0.15) is 0 Å². The molecule has 1 heterocycles. The molecule has 98 valence electrons. The van der Waals surface area contributed by atoms with Crippen LogP contribution in [0.1, 0.15) is 27.3 Å². The summed E-state index contributed by atoms with van der Waals surface area (Å²) in [5, 5.41) is 2.70. The summed E-state index contributed by atoms with van der Waals surface area (Å²) in [7, 11) is 0. The van der Waals surface area contributed by atoms with Crippen LogP contribution in [-0.2, 0) is 0 Å². The lowest BCUT2D eigenvalue weighted by atomic mass is 10.1. The van der Waals surface area contributed by atoms with Crippen LogP contribution >= 0.6 is 0 Å². The topological polar surface area (TPSA) is 80.9 Å². The summed E-state index contributed by atoms with van der Waals surface area (Å²) in [5.41, 5.74) is 9.32. The van der Waals surface area contributed by atoms with Gasteiger partial charge in [-0.25, -0.2) is 9.97 Å². The van der Waals surface area contributed by atoms with Gasteiger partial charge in [-0.3, -0.25) is 10.1 Å². The zero-order chi connectivity index (χ0) is 14.0. The van der Waals surface area contributed by atoms with E-state index in [0.29, 0.717) is 17.2 Å². The number of benzene rings is 1. The van der Waals surface area contributed by atoms with Crippen LogP contribution in [0.4, 0.5) is 11.6 Å². The van der Waals surface area contributed by atoms with Crippen molar-refractivity contribution in [3.8, 4) is 0 Å². The third kappa shape index (κ3) is 3.07. The number of nitrogen functional groups attached to an aromatic ring is 1. The summed E-state index contributed by atoms with van der Waals surface area (Å²) in [4.78, 5) is 20.5. The van der Waals surface area contributed by atoms with E-state index in [-0.39, 0.29) is 5.91 Å². The van der Waals surface area contributed by atoms with E-state index in [0.717, 1.165) is 17.0 Å². The van der Waals surface area contributed by atoms with Gasteiger partial charge >= 0.3 is 0 Å². The fourth-order valence-corrected chi connectivity index (χ4v) is 1.89. The highest BCUT2D eigenvalue weighted by Crippen LogP contribution is 2.14. The van der Waals surface area contributed by atoms with Crippen molar-refractivity contribution in [3.05, 3.63) is 46.8 Å². The predicted octanol–water partition coefficient (Wildman–Crippen LogP) is 2.24. The van der Waals surface area contributed by atoms with Crippen LogP contribution in [0.15, 0.2) is 24.3 Å². The second kappa shape index (κ2) is 5.06. The van der Waals surface area contributed by atoms with Gasteiger partial charge in [-0.05, 0) is 50.6 Å². The molecule has 3 N–H and O–H groups in total. The van der Waals surface area contributed by atoms with E-state index in [1.165, 1.54) is 0 Å². The Morgan fingerprint density at radius 2 is 1.74 bits per heavy atom. The minimum Gasteiger partial charge on any atom is -0.399 e. The van der Waals surface area contributed by atoms with E-state index >= 15 is 0 Å². The van der Waals surface area contributed by atoms with Crippen LogP contribution in [0.5, 0.6) is 0 Å². The smallest absolute Gasteiger partial charge is 0.258 e. The summed E-state index contributed by atoms with van der Waals surface area (Å²) >= 11 is 0. The van der Waals surface area contributed by atoms with Crippen molar-refractivity contribution in [2.45, 2.75) is 20.8 Å². The number of anilines is 2. The average Bonchev–Trinajstić information content (AvgIpc) is 2.26. The number of nitrogens with two attached hydrogens (primary N) is 1. The number of rotatable bonds is 2. The van der Waals surface area contributed by atoms with E-state index in [1.807, 2.05) is 26.8 Å². The number of nitrogens with one attached hydrogen (secondary N) is 1. The molecule has 0 spiro atoms. The van der Waals surface area contributed by atoms with Crippen LogP contribution < -0.4 is 11.1 Å². The minimum absolute atomic E-state index is 0.234. The van der Waals surface area contributed by atoms with Gasteiger partial charge in [0.05, 0.1) is 0 Å². The number of hydrogen-bond acceptors (Lipinski definition) is 4.